The van der Waals surface area contributed by atoms with Crippen LogP contribution in [0.1, 0.15) is 17.7 Å². The van der Waals surface area contributed by atoms with E-state index in [4.69, 9.17) is 9.15 Å². The number of nitrogens with zero attached hydrogens (tertiary/aromatic N) is 1. The summed E-state index contributed by atoms with van der Waals surface area (Å²) >= 11 is 0. The molecule has 0 bridgehead atoms. The summed E-state index contributed by atoms with van der Waals surface area (Å²) in [7, 11) is 1.59. The normalized spacial score (nSPS) is 10.7. The van der Waals surface area contributed by atoms with Gasteiger partial charge in [-0.1, -0.05) is 18.2 Å². The van der Waals surface area contributed by atoms with Crippen molar-refractivity contribution in [2.45, 2.75) is 19.4 Å². The molecule has 0 radical (unpaired) electrons. The second-order valence-electron chi connectivity index (χ2n) is 5.20. The Bertz CT molecular complexity index is 797. The fraction of sp³-hybridized carbons (Fsp3) is 0.222. The first-order valence-corrected chi connectivity index (χ1v) is 7.48. The highest BCUT2D eigenvalue weighted by Gasteiger charge is 2.08. The Balaban J connectivity index is 1.67. The summed E-state index contributed by atoms with van der Waals surface area (Å²) in [4.78, 5) is 16.4. The van der Waals surface area contributed by atoms with Gasteiger partial charge in [-0.05, 0) is 23.8 Å². The van der Waals surface area contributed by atoms with E-state index in [0.29, 0.717) is 25.3 Å². The number of furan rings is 1. The van der Waals surface area contributed by atoms with E-state index in [1.807, 2.05) is 42.5 Å². The van der Waals surface area contributed by atoms with Crippen LogP contribution < -0.4 is 10.1 Å². The van der Waals surface area contributed by atoms with Crippen LogP contribution in [0.5, 0.6) is 5.88 Å². The molecule has 2 aromatic heterocycles. The molecular weight excluding hydrogens is 292 g/mol. The van der Waals surface area contributed by atoms with E-state index in [1.54, 1.807) is 13.4 Å². The van der Waals surface area contributed by atoms with Crippen LogP contribution in [0.15, 0.2) is 53.1 Å². The Morgan fingerprint density at radius 2 is 2.13 bits per heavy atom. The van der Waals surface area contributed by atoms with Crippen LogP contribution in [0.4, 0.5) is 0 Å². The lowest BCUT2D eigenvalue weighted by molar-refractivity contribution is -0.121. The first kappa shape index (κ1) is 15.1. The largest absolute Gasteiger partial charge is 0.481 e. The van der Waals surface area contributed by atoms with E-state index < -0.39 is 0 Å². The Hall–Kier alpha value is -2.82. The lowest BCUT2D eigenvalue weighted by Crippen LogP contribution is -2.23. The minimum atomic E-state index is -0.0127. The highest BCUT2D eigenvalue weighted by atomic mass is 16.5. The number of amides is 1. The van der Waals surface area contributed by atoms with Crippen LogP contribution in [-0.2, 0) is 17.8 Å². The van der Waals surface area contributed by atoms with Gasteiger partial charge in [0.1, 0.15) is 5.76 Å². The number of carbonyl (C=O) groups excluding carboxylic acids is 1. The molecule has 118 valence electrons. The molecule has 0 saturated heterocycles. The van der Waals surface area contributed by atoms with Gasteiger partial charge < -0.3 is 14.5 Å². The van der Waals surface area contributed by atoms with Crippen molar-refractivity contribution >= 4 is 16.8 Å². The van der Waals surface area contributed by atoms with Gasteiger partial charge in [0.15, 0.2) is 0 Å². The summed E-state index contributed by atoms with van der Waals surface area (Å²) in [6.07, 6.45) is 2.61. The smallest absolute Gasteiger partial charge is 0.220 e. The number of fused-ring (bicyclic) bond motifs is 1. The third kappa shape index (κ3) is 3.69. The average molecular weight is 310 g/mol. The van der Waals surface area contributed by atoms with Crippen molar-refractivity contribution in [1.29, 1.82) is 0 Å². The van der Waals surface area contributed by atoms with Crippen molar-refractivity contribution in [2.75, 3.05) is 7.11 Å². The quantitative estimate of drug-likeness (QED) is 0.760. The van der Waals surface area contributed by atoms with Crippen molar-refractivity contribution < 1.29 is 13.9 Å². The van der Waals surface area contributed by atoms with Crippen LogP contribution in [0, 0.1) is 0 Å². The predicted octanol–water partition coefficient (Wildman–Crippen LogP) is 3.09. The zero-order valence-corrected chi connectivity index (χ0v) is 12.9. The summed E-state index contributed by atoms with van der Waals surface area (Å²) in [5.74, 6) is 1.35. The van der Waals surface area contributed by atoms with Gasteiger partial charge in [-0.2, -0.15) is 0 Å². The second kappa shape index (κ2) is 6.96. The lowest BCUT2D eigenvalue weighted by Gasteiger charge is -2.10. The number of hydrogen-bond acceptors (Lipinski definition) is 4. The molecule has 1 N–H and O–H groups in total. The maximum absolute atomic E-state index is 12.0. The van der Waals surface area contributed by atoms with Crippen molar-refractivity contribution in [2.24, 2.45) is 0 Å². The Labute approximate surface area is 134 Å². The number of methoxy groups -OCH3 is 1. The van der Waals surface area contributed by atoms with Gasteiger partial charge in [0.05, 0.1) is 18.9 Å². The Morgan fingerprint density at radius 3 is 2.91 bits per heavy atom. The number of aromatic nitrogens is 1. The van der Waals surface area contributed by atoms with Gasteiger partial charge in [0.2, 0.25) is 11.8 Å². The van der Waals surface area contributed by atoms with Crippen molar-refractivity contribution in [3.8, 4) is 5.88 Å². The number of ether oxygens (including phenoxy) is 1. The zero-order valence-electron chi connectivity index (χ0n) is 12.9. The molecule has 0 atom stereocenters. The standard InChI is InChI=1S/C18H18N2O3/c1-22-18-11-13(15-6-2-3-7-16(15)20-18)12-19-17(21)9-8-14-5-4-10-23-14/h2-7,10-11H,8-9,12H2,1H3,(H,19,21). The molecule has 3 aromatic rings. The number of rotatable bonds is 6. The first-order valence-electron chi connectivity index (χ1n) is 7.48. The molecule has 23 heavy (non-hydrogen) atoms. The van der Waals surface area contributed by atoms with Gasteiger partial charge >= 0.3 is 0 Å². The summed E-state index contributed by atoms with van der Waals surface area (Å²) in [5.41, 5.74) is 1.84. The predicted molar refractivity (Wildman–Crippen MR) is 87.2 cm³/mol. The van der Waals surface area contributed by atoms with Gasteiger partial charge in [-0.15, -0.1) is 0 Å². The van der Waals surface area contributed by atoms with Crippen LogP contribution in [0.3, 0.4) is 0 Å². The van der Waals surface area contributed by atoms with E-state index in [2.05, 4.69) is 10.3 Å². The van der Waals surface area contributed by atoms with Crippen LogP contribution in [0.2, 0.25) is 0 Å². The number of carbonyl (C=O) groups is 1. The third-order valence-corrected chi connectivity index (χ3v) is 3.64. The summed E-state index contributed by atoms with van der Waals surface area (Å²) < 4.78 is 10.5. The molecule has 0 aliphatic carbocycles. The molecule has 2 heterocycles. The number of benzene rings is 1. The topological polar surface area (TPSA) is 64.4 Å². The summed E-state index contributed by atoms with van der Waals surface area (Å²) in [6.45, 7) is 0.441. The van der Waals surface area contributed by atoms with Crippen LogP contribution in [0.25, 0.3) is 10.9 Å². The number of nitrogens with one attached hydrogen (secondary N) is 1. The second-order valence-corrected chi connectivity index (χ2v) is 5.20. The third-order valence-electron chi connectivity index (χ3n) is 3.64. The molecular formula is C18H18N2O3. The monoisotopic (exact) mass is 310 g/mol. The summed E-state index contributed by atoms with van der Waals surface area (Å²) in [5, 5.41) is 3.95. The molecule has 0 saturated carbocycles. The highest BCUT2D eigenvalue weighted by molar-refractivity contribution is 5.83. The molecule has 5 nitrogen and oxygen atoms in total. The van der Waals surface area contributed by atoms with E-state index in [9.17, 15) is 4.79 Å². The molecule has 0 fully saturated rings. The Morgan fingerprint density at radius 1 is 1.26 bits per heavy atom. The molecule has 3 rings (SSSR count). The minimum Gasteiger partial charge on any atom is -0.481 e. The summed E-state index contributed by atoms with van der Waals surface area (Å²) in [6, 6.07) is 13.4. The van der Waals surface area contributed by atoms with E-state index >= 15 is 0 Å². The van der Waals surface area contributed by atoms with E-state index in [0.717, 1.165) is 22.2 Å². The molecule has 0 aliphatic rings. The van der Waals surface area contributed by atoms with Crippen molar-refractivity contribution in [1.82, 2.24) is 10.3 Å². The van der Waals surface area contributed by atoms with Crippen molar-refractivity contribution in [3.05, 3.63) is 60.1 Å². The van der Waals surface area contributed by atoms with Gasteiger partial charge in [0.25, 0.3) is 0 Å². The zero-order chi connectivity index (χ0) is 16.1. The number of pyridine rings is 1. The van der Waals surface area contributed by atoms with Crippen molar-refractivity contribution in [3.63, 3.8) is 0 Å². The molecule has 1 aromatic carbocycles. The number of hydrogen-bond donors (Lipinski definition) is 1. The van der Waals surface area contributed by atoms with Gasteiger partial charge in [-0.25, -0.2) is 4.98 Å². The lowest BCUT2D eigenvalue weighted by atomic mass is 10.1. The maximum Gasteiger partial charge on any atom is 0.220 e. The molecule has 1 amide bonds. The highest BCUT2D eigenvalue weighted by Crippen LogP contribution is 2.21. The fourth-order valence-electron chi connectivity index (χ4n) is 2.45. The number of para-hydroxylation sites is 1. The SMILES string of the molecule is COc1cc(CNC(=O)CCc2ccco2)c2ccccc2n1. The molecule has 0 spiro atoms. The average Bonchev–Trinajstić information content (AvgIpc) is 3.11. The Kier molecular flexibility index (Phi) is 4.57. The van der Waals surface area contributed by atoms with Gasteiger partial charge in [0, 0.05) is 30.8 Å². The van der Waals surface area contributed by atoms with Crippen LogP contribution in [-0.4, -0.2) is 18.0 Å². The maximum atomic E-state index is 12.0. The van der Waals surface area contributed by atoms with Gasteiger partial charge in [-0.3, -0.25) is 4.79 Å². The van der Waals surface area contributed by atoms with E-state index in [-0.39, 0.29) is 5.91 Å². The molecule has 5 heteroatoms. The fourth-order valence-corrected chi connectivity index (χ4v) is 2.45. The minimum absolute atomic E-state index is 0.0127. The molecule has 0 unspecified atom stereocenters. The van der Waals surface area contributed by atoms with E-state index in [1.165, 1.54) is 0 Å². The van der Waals surface area contributed by atoms with Crippen LogP contribution >= 0.6 is 0 Å². The molecule has 0 aliphatic heterocycles. The first-order chi connectivity index (χ1) is 11.3. The number of aryl methyl sites for hydroxylation is 1.